The van der Waals surface area contributed by atoms with Gasteiger partial charge in [-0.25, -0.2) is 17.9 Å². The molecule has 12 heteroatoms. The Morgan fingerprint density at radius 3 is 2.34 bits per heavy atom. The number of carbonyl (C=O) groups excluding carboxylic acids is 2. The molecule has 2 amide bonds. The average Bonchev–Trinajstić information content (AvgIpc) is 2.88. The van der Waals surface area contributed by atoms with Gasteiger partial charge in [0, 0.05) is 12.2 Å². The summed E-state index contributed by atoms with van der Waals surface area (Å²) >= 11 is 0. The SMILES string of the molecule is [CH2]c1ccc(NC(=O)[C@H](CCCNC(=N)NS(=O)(=O)c2c(C)c(C)c3c(c2C)CCC(C)(C)O3)NC(=O)OC(C)(C)C)cc1. The van der Waals surface area contributed by atoms with Crippen LogP contribution in [-0.4, -0.2) is 50.2 Å². The van der Waals surface area contributed by atoms with Gasteiger partial charge in [-0.1, -0.05) is 12.1 Å². The Morgan fingerprint density at radius 1 is 1.09 bits per heavy atom. The van der Waals surface area contributed by atoms with Crippen molar-refractivity contribution in [1.29, 1.82) is 5.41 Å². The summed E-state index contributed by atoms with van der Waals surface area (Å²) in [6.45, 7) is 18.6. The number of hydrogen-bond donors (Lipinski definition) is 5. The van der Waals surface area contributed by atoms with Crippen molar-refractivity contribution in [3.63, 3.8) is 0 Å². The molecule has 0 aliphatic carbocycles. The molecule has 241 valence electrons. The third-order valence-electron chi connectivity index (χ3n) is 7.37. The number of sulfonamides is 1. The predicted molar refractivity (Wildman–Crippen MR) is 172 cm³/mol. The molecule has 0 bridgehead atoms. The first-order chi connectivity index (χ1) is 20.3. The van der Waals surface area contributed by atoms with Gasteiger partial charge >= 0.3 is 6.09 Å². The number of fused-ring (bicyclic) bond motifs is 1. The molecule has 1 radical (unpaired) electrons. The van der Waals surface area contributed by atoms with E-state index in [0.29, 0.717) is 29.7 Å². The quantitative estimate of drug-likeness (QED) is 0.148. The standard InChI is InChI=1S/C32H46N5O6S/c1-19-12-14-23(15-13-19)35-28(38)25(36-30(39)43-31(5,6)7)11-10-18-34-29(33)37-44(40,41)27-21(3)20(2)26-24(22(27)4)16-17-32(8,9)42-26/h12-15,25H,1,10-11,16-18H2,2-9H3,(H,35,38)(H,36,39)(H3,33,34,37)/t25-/m0/s1. The molecule has 44 heavy (non-hydrogen) atoms. The molecule has 0 unspecified atom stereocenters. The first kappa shape index (κ1) is 34.7. The van der Waals surface area contributed by atoms with Gasteiger partial charge in [0.05, 0.1) is 4.90 Å². The zero-order chi connectivity index (χ0) is 33.0. The second-order valence-electron chi connectivity index (χ2n) is 12.8. The summed E-state index contributed by atoms with van der Waals surface area (Å²) in [6.07, 6.45) is 1.25. The monoisotopic (exact) mass is 628 g/mol. The maximum Gasteiger partial charge on any atom is 0.408 e. The second-order valence-corrected chi connectivity index (χ2v) is 14.4. The first-order valence-corrected chi connectivity index (χ1v) is 16.2. The summed E-state index contributed by atoms with van der Waals surface area (Å²) in [6, 6.07) is 5.99. The highest BCUT2D eigenvalue weighted by molar-refractivity contribution is 7.90. The summed E-state index contributed by atoms with van der Waals surface area (Å²) in [5.41, 5.74) is 3.09. The zero-order valence-electron chi connectivity index (χ0n) is 27.0. The van der Waals surface area contributed by atoms with Crippen LogP contribution >= 0.6 is 0 Å². The minimum absolute atomic E-state index is 0.147. The van der Waals surface area contributed by atoms with Crippen molar-refractivity contribution in [3.8, 4) is 5.75 Å². The van der Waals surface area contributed by atoms with E-state index in [9.17, 15) is 18.0 Å². The Balaban J connectivity index is 1.65. The van der Waals surface area contributed by atoms with Crippen LogP contribution in [0.5, 0.6) is 5.75 Å². The van der Waals surface area contributed by atoms with E-state index in [4.69, 9.17) is 14.9 Å². The van der Waals surface area contributed by atoms with E-state index in [-0.39, 0.29) is 23.5 Å². The minimum atomic E-state index is -4.08. The Kier molecular flexibility index (Phi) is 10.6. The van der Waals surface area contributed by atoms with Crippen LogP contribution in [0.15, 0.2) is 29.2 Å². The summed E-state index contributed by atoms with van der Waals surface area (Å²) in [5.74, 6) is -0.100. The number of anilines is 1. The van der Waals surface area contributed by atoms with E-state index in [2.05, 4.69) is 27.6 Å². The molecule has 1 atom stereocenters. The molecule has 0 aromatic heterocycles. The fraction of sp³-hybridized carbons (Fsp3) is 0.500. The van der Waals surface area contributed by atoms with E-state index in [1.165, 1.54) is 0 Å². The van der Waals surface area contributed by atoms with Crippen LogP contribution in [0.4, 0.5) is 10.5 Å². The first-order valence-electron chi connectivity index (χ1n) is 14.7. The molecule has 0 saturated heterocycles. The van der Waals surface area contributed by atoms with E-state index in [1.54, 1.807) is 58.9 Å². The smallest absolute Gasteiger partial charge is 0.408 e. The van der Waals surface area contributed by atoms with E-state index < -0.39 is 39.6 Å². The van der Waals surface area contributed by atoms with Crippen LogP contribution in [0, 0.1) is 33.1 Å². The van der Waals surface area contributed by atoms with Crippen molar-refractivity contribution in [3.05, 3.63) is 59.0 Å². The van der Waals surface area contributed by atoms with Gasteiger partial charge in [-0.05, 0) is 128 Å². The molecule has 1 aliphatic rings. The number of nitrogens with one attached hydrogen (secondary N) is 5. The summed E-state index contributed by atoms with van der Waals surface area (Å²) < 4.78 is 40.8. The van der Waals surface area contributed by atoms with E-state index in [1.807, 2.05) is 20.8 Å². The molecule has 0 fully saturated rings. The summed E-state index contributed by atoms with van der Waals surface area (Å²) in [5, 5.41) is 16.4. The molecule has 0 saturated carbocycles. The minimum Gasteiger partial charge on any atom is -0.487 e. The lowest BCUT2D eigenvalue weighted by atomic mass is 9.88. The number of alkyl carbamates (subject to hydrolysis) is 1. The van der Waals surface area contributed by atoms with E-state index in [0.717, 1.165) is 28.9 Å². The Morgan fingerprint density at radius 2 is 1.73 bits per heavy atom. The van der Waals surface area contributed by atoms with Gasteiger partial charge in [0.15, 0.2) is 0 Å². The maximum absolute atomic E-state index is 13.5. The van der Waals surface area contributed by atoms with Gasteiger partial charge in [-0.3, -0.25) is 10.2 Å². The zero-order valence-corrected chi connectivity index (χ0v) is 27.8. The highest BCUT2D eigenvalue weighted by Crippen LogP contribution is 2.42. The number of benzene rings is 2. The Bertz CT molecular complexity index is 1510. The molecule has 1 heterocycles. The van der Waals surface area contributed by atoms with Crippen LogP contribution in [-0.2, 0) is 26.0 Å². The van der Waals surface area contributed by atoms with Crippen molar-refractivity contribution < 1.29 is 27.5 Å². The van der Waals surface area contributed by atoms with Crippen LogP contribution < -0.4 is 25.4 Å². The normalized spacial score (nSPS) is 14.8. The van der Waals surface area contributed by atoms with Gasteiger partial charge in [-0.15, -0.1) is 0 Å². The van der Waals surface area contributed by atoms with E-state index >= 15 is 0 Å². The number of amides is 2. The lowest BCUT2D eigenvalue weighted by Crippen LogP contribution is -2.46. The number of rotatable bonds is 9. The Hall–Kier alpha value is -3.80. The fourth-order valence-electron chi connectivity index (χ4n) is 5.03. The van der Waals surface area contributed by atoms with Crippen molar-refractivity contribution in [2.75, 3.05) is 11.9 Å². The topological polar surface area (TPSA) is 159 Å². The largest absolute Gasteiger partial charge is 0.487 e. The lowest BCUT2D eigenvalue weighted by Gasteiger charge is -2.35. The molecular weight excluding hydrogens is 582 g/mol. The van der Waals surface area contributed by atoms with Crippen LogP contribution in [0.3, 0.4) is 0 Å². The fourth-order valence-corrected chi connectivity index (χ4v) is 6.55. The van der Waals surface area contributed by atoms with Crippen molar-refractivity contribution >= 4 is 33.7 Å². The highest BCUT2D eigenvalue weighted by Gasteiger charge is 2.34. The molecule has 1 aliphatic heterocycles. The van der Waals surface area contributed by atoms with Gasteiger partial charge in [0.25, 0.3) is 10.0 Å². The highest BCUT2D eigenvalue weighted by atomic mass is 32.2. The van der Waals surface area contributed by atoms with Crippen molar-refractivity contribution in [1.82, 2.24) is 15.4 Å². The van der Waals surface area contributed by atoms with Gasteiger partial charge in [0.2, 0.25) is 11.9 Å². The molecule has 3 rings (SSSR count). The van der Waals surface area contributed by atoms with Crippen LogP contribution in [0.2, 0.25) is 0 Å². The van der Waals surface area contributed by atoms with Crippen LogP contribution in [0.1, 0.15) is 81.7 Å². The molecule has 2 aromatic rings. The number of guanidine groups is 1. The summed E-state index contributed by atoms with van der Waals surface area (Å²) in [7, 11) is -4.08. The van der Waals surface area contributed by atoms with Crippen molar-refractivity contribution in [2.45, 2.75) is 103 Å². The maximum atomic E-state index is 13.5. The third-order valence-corrected chi connectivity index (χ3v) is 8.99. The number of carbonyl (C=O) groups is 2. The van der Waals surface area contributed by atoms with Gasteiger partial charge in [0.1, 0.15) is 23.0 Å². The molecule has 0 spiro atoms. The molecule has 5 N–H and O–H groups in total. The summed E-state index contributed by atoms with van der Waals surface area (Å²) in [4.78, 5) is 25.6. The predicted octanol–water partition coefficient (Wildman–Crippen LogP) is 5.01. The molecular formula is C32H46N5O6S. The second kappa shape index (κ2) is 13.5. The number of ether oxygens (including phenoxy) is 2. The van der Waals surface area contributed by atoms with Gasteiger partial charge in [-0.2, -0.15) is 0 Å². The number of hydrogen-bond acceptors (Lipinski definition) is 7. The average molecular weight is 629 g/mol. The molecule has 2 aromatic carbocycles. The third kappa shape index (κ3) is 9.10. The van der Waals surface area contributed by atoms with Crippen molar-refractivity contribution in [2.24, 2.45) is 0 Å². The van der Waals surface area contributed by atoms with Crippen LogP contribution in [0.25, 0.3) is 0 Å². The Labute approximate surface area is 261 Å². The lowest BCUT2D eigenvalue weighted by molar-refractivity contribution is -0.118. The molecule has 11 nitrogen and oxygen atoms in total. The van der Waals surface area contributed by atoms with Gasteiger partial charge < -0.3 is 25.4 Å².